The summed E-state index contributed by atoms with van der Waals surface area (Å²) in [5.74, 6) is -0.941. The van der Waals surface area contributed by atoms with Crippen molar-refractivity contribution in [1.82, 2.24) is 0 Å². The summed E-state index contributed by atoms with van der Waals surface area (Å²) >= 11 is 0. The number of fused-ring (bicyclic) bond motifs is 2. The summed E-state index contributed by atoms with van der Waals surface area (Å²) in [7, 11) is -4.66. The van der Waals surface area contributed by atoms with Gasteiger partial charge in [0.2, 0.25) is 0 Å². The summed E-state index contributed by atoms with van der Waals surface area (Å²) in [6.45, 7) is 2.14. The average Bonchev–Trinajstić information content (AvgIpc) is 2.67. The van der Waals surface area contributed by atoms with Gasteiger partial charge in [0.1, 0.15) is 4.90 Å². The second-order valence-corrected chi connectivity index (χ2v) is 8.53. The molecule has 5 nitrogen and oxygen atoms in total. The minimum Gasteiger partial charge on any atom is -0.289 e. The fraction of sp³-hybridized carbons (Fsp3) is 0.364. The number of benzene rings is 2. The predicted molar refractivity (Wildman–Crippen MR) is 107 cm³/mol. The van der Waals surface area contributed by atoms with Crippen molar-refractivity contribution in [3.63, 3.8) is 0 Å². The predicted octanol–water partition coefficient (Wildman–Crippen LogP) is 4.61. The molecule has 1 N–H and O–H groups in total. The van der Waals surface area contributed by atoms with Crippen molar-refractivity contribution in [2.45, 2.75) is 56.8 Å². The number of carbonyl (C=O) groups is 2. The molecule has 0 spiro atoms. The molecule has 0 bridgehead atoms. The normalized spacial score (nSPS) is 13.4. The summed E-state index contributed by atoms with van der Waals surface area (Å²) in [6, 6.07) is 9.40. The van der Waals surface area contributed by atoms with E-state index in [1.807, 2.05) is 0 Å². The van der Waals surface area contributed by atoms with E-state index in [9.17, 15) is 22.6 Å². The molecule has 0 heterocycles. The quantitative estimate of drug-likeness (QED) is 0.440. The van der Waals surface area contributed by atoms with Crippen LogP contribution < -0.4 is 0 Å². The Morgan fingerprint density at radius 2 is 1.39 bits per heavy atom. The van der Waals surface area contributed by atoms with Crippen LogP contribution in [0, 0.1) is 0 Å². The number of ketones is 2. The molecule has 2 aromatic carbocycles. The van der Waals surface area contributed by atoms with Crippen LogP contribution in [0.25, 0.3) is 0 Å². The molecular formula is C22H24O5S. The highest BCUT2D eigenvalue weighted by atomic mass is 32.2. The van der Waals surface area contributed by atoms with Crippen LogP contribution in [0.15, 0.2) is 41.3 Å². The van der Waals surface area contributed by atoms with Gasteiger partial charge in [0.15, 0.2) is 11.6 Å². The van der Waals surface area contributed by atoms with Crippen molar-refractivity contribution in [3.05, 3.63) is 64.2 Å². The Balaban J connectivity index is 1.99. The van der Waals surface area contributed by atoms with Gasteiger partial charge in [0, 0.05) is 16.7 Å². The number of hydrogen-bond donors (Lipinski definition) is 1. The summed E-state index contributed by atoms with van der Waals surface area (Å²) < 4.78 is 34.2. The highest BCUT2D eigenvalue weighted by molar-refractivity contribution is 7.86. The van der Waals surface area contributed by atoms with Crippen LogP contribution in [-0.4, -0.2) is 24.5 Å². The van der Waals surface area contributed by atoms with Gasteiger partial charge in [-0.2, -0.15) is 8.42 Å². The molecule has 2 aromatic rings. The largest absolute Gasteiger partial charge is 0.295 e. The number of carbonyl (C=O) groups excluding carboxylic acids is 2. The standard InChI is InChI=1S/C22H24O5S/c1-2-3-4-5-6-7-10-15-13-14-18-19(22(15)28(25,26)27)21(24)17-12-9-8-11-16(17)20(18)23/h8-9,11-14H,2-7,10H2,1H3,(H,25,26,27). The van der Waals surface area contributed by atoms with Crippen molar-refractivity contribution in [1.29, 1.82) is 0 Å². The van der Waals surface area contributed by atoms with Crippen LogP contribution in [-0.2, 0) is 16.5 Å². The summed E-state index contributed by atoms with van der Waals surface area (Å²) in [5, 5.41) is 0. The zero-order valence-electron chi connectivity index (χ0n) is 15.9. The molecule has 0 aliphatic heterocycles. The average molecular weight is 400 g/mol. The van der Waals surface area contributed by atoms with Gasteiger partial charge in [-0.05, 0) is 24.5 Å². The zero-order chi connectivity index (χ0) is 20.3. The molecule has 3 rings (SSSR count). The Bertz CT molecular complexity index is 1020. The molecule has 0 fully saturated rings. The third-order valence-electron chi connectivity index (χ3n) is 5.18. The van der Waals surface area contributed by atoms with Gasteiger partial charge in [0.25, 0.3) is 10.1 Å². The van der Waals surface area contributed by atoms with Crippen LogP contribution in [0.3, 0.4) is 0 Å². The van der Waals surface area contributed by atoms with Crippen molar-refractivity contribution in [2.75, 3.05) is 0 Å². The van der Waals surface area contributed by atoms with E-state index in [1.165, 1.54) is 18.6 Å². The van der Waals surface area contributed by atoms with Crippen LogP contribution in [0.4, 0.5) is 0 Å². The Labute approximate surface area is 165 Å². The third-order valence-corrected chi connectivity index (χ3v) is 6.17. The van der Waals surface area contributed by atoms with Gasteiger partial charge in [-0.15, -0.1) is 0 Å². The highest BCUT2D eigenvalue weighted by Gasteiger charge is 2.35. The highest BCUT2D eigenvalue weighted by Crippen LogP contribution is 2.34. The van der Waals surface area contributed by atoms with Gasteiger partial charge < -0.3 is 0 Å². The maximum Gasteiger partial charge on any atom is 0.295 e. The monoisotopic (exact) mass is 400 g/mol. The molecule has 0 saturated carbocycles. The Kier molecular flexibility index (Phi) is 6.10. The number of rotatable bonds is 8. The fourth-order valence-corrected chi connectivity index (χ4v) is 4.75. The lowest BCUT2D eigenvalue weighted by Gasteiger charge is -2.21. The van der Waals surface area contributed by atoms with Crippen LogP contribution >= 0.6 is 0 Å². The van der Waals surface area contributed by atoms with Gasteiger partial charge >= 0.3 is 0 Å². The van der Waals surface area contributed by atoms with Crippen LogP contribution in [0.1, 0.15) is 82.9 Å². The van der Waals surface area contributed by atoms with Gasteiger partial charge in [-0.25, -0.2) is 0 Å². The Morgan fingerprint density at radius 3 is 2.04 bits per heavy atom. The van der Waals surface area contributed by atoms with Crippen molar-refractivity contribution < 1.29 is 22.6 Å². The Morgan fingerprint density at radius 1 is 0.786 bits per heavy atom. The number of hydrogen-bond acceptors (Lipinski definition) is 4. The van der Waals surface area contributed by atoms with E-state index < -0.39 is 26.6 Å². The van der Waals surface area contributed by atoms with Crippen LogP contribution in [0.5, 0.6) is 0 Å². The van der Waals surface area contributed by atoms with E-state index in [-0.39, 0.29) is 22.3 Å². The molecule has 28 heavy (non-hydrogen) atoms. The van der Waals surface area contributed by atoms with Crippen LogP contribution in [0.2, 0.25) is 0 Å². The molecule has 0 atom stereocenters. The maximum absolute atomic E-state index is 13.0. The lowest BCUT2D eigenvalue weighted by Crippen LogP contribution is -2.24. The molecule has 0 aromatic heterocycles. The van der Waals surface area contributed by atoms with Crippen molar-refractivity contribution in [2.24, 2.45) is 0 Å². The lowest BCUT2D eigenvalue weighted by atomic mass is 9.83. The molecule has 1 aliphatic carbocycles. The molecule has 0 unspecified atom stereocenters. The minimum atomic E-state index is -4.66. The van der Waals surface area contributed by atoms with E-state index in [2.05, 4.69) is 6.92 Å². The topological polar surface area (TPSA) is 88.5 Å². The van der Waals surface area contributed by atoms with Gasteiger partial charge in [-0.1, -0.05) is 69.4 Å². The van der Waals surface area contributed by atoms with Gasteiger partial charge in [-0.3, -0.25) is 14.1 Å². The molecule has 0 saturated heterocycles. The molecule has 1 aliphatic rings. The zero-order valence-corrected chi connectivity index (χ0v) is 16.7. The first kappa shape index (κ1) is 20.4. The fourth-order valence-electron chi connectivity index (χ4n) is 3.79. The minimum absolute atomic E-state index is 0.0306. The molecule has 148 valence electrons. The van der Waals surface area contributed by atoms with E-state index in [1.54, 1.807) is 24.3 Å². The second-order valence-electron chi connectivity index (χ2n) is 7.17. The maximum atomic E-state index is 13.0. The summed E-state index contributed by atoms with van der Waals surface area (Å²) in [6.07, 6.45) is 6.64. The van der Waals surface area contributed by atoms with E-state index in [0.29, 0.717) is 12.0 Å². The van der Waals surface area contributed by atoms with E-state index in [4.69, 9.17) is 0 Å². The third kappa shape index (κ3) is 3.93. The second kappa shape index (κ2) is 8.37. The number of aryl methyl sites for hydroxylation is 1. The molecular weight excluding hydrogens is 376 g/mol. The first-order chi connectivity index (χ1) is 13.4. The smallest absolute Gasteiger partial charge is 0.289 e. The SMILES string of the molecule is CCCCCCCCc1ccc2c(c1S(=O)(=O)O)C(=O)c1ccccc1C2=O. The Hall–Kier alpha value is -2.31. The first-order valence-corrected chi connectivity index (χ1v) is 11.1. The van der Waals surface area contributed by atoms with Gasteiger partial charge in [0.05, 0.1) is 5.56 Å². The molecule has 0 amide bonds. The molecule has 0 radical (unpaired) electrons. The van der Waals surface area contributed by atoms with Crippen molar-refractivity contribution >= 4 is 21.7 Å². The van der Waals surface area contributed by atoms with E-state index >= 15 is 0 Å². The summed E-state index contributed by atoms with van der Waals surface area (Å²) in [5.41, 5.74) is 0.640. The van der Waals surface area contributed by atoms with E-state index in [0.717, 1.165) is 32.1 Å². The number of unbranched alkanes of at least 4 members (excludes halogenated alkanes) is 5. The molecule has 6 heteroatoms. The van der Waals surface area contributed by atoms with Crippen molar-refractivity contribution in [3.8, 4) is 0 Å². The first-order valence-electron chi connectivity index (χ1n) is 9.68. The summed E-state index contributed by atoms with van der Waals surface area (Å²) in [4.78, 5) is 25.4. The lowest BCUT2D eigenvalue weighted by molar-refractivity contribution is 0.0976.